The molecule has 0 spiro atoms. The Bertz CT molecular complexity index is 694. The van der Waals surface area contributed by atoms with E-state index in [-0.39, 0.29) is 30.0 Å². The van der Waals surface area contributed by atoms with Gasteiger partial charge in [-0.2, -0.15) is 0 Å². The summed E-state index contributed by atoms with van der Waals surface area (Å²) in [6.07, 6.45) is 0.547. The number of hydrogen-bond acceptors (Lipinski definition) is 3. The first-order valence-electron chi connectivity index (χ1n) is 7.35. The van der Waals surface area contributed by atoms with Gasteiger partial charge >= 0.3 is 6.03 Å². The average molecular weight is 346 g/mol. The molecular formula is C15H20F2N2O3S. The molecule has 8 heteroatoms. The number of nitrogens with one attached hydrogen (secondary N) is 1. The molecule has 2 amide bonds. The molecule has 0 aliphatic carbocycles. The average Bonchev–Trinajstić information content (AvgIpc) is 2.85. The van der Waals surface area contributed by atoms with E-state index >= 15 is 0 Å². The Morgan fingerprint density at radius 1 is 1.39 bits per heavy atom. The highest BCUT2D eigenvalue weighted by Crippen LogP contribution is 2.21. The van der Waals surface area contributed by atoms with E-state index in [1.54, 1.807) is 14.0 Å². The smallest absolute Gasteiger partial charge is 0.317 e. The Labute approximate surface area is 134 Å². The van der Waals surface area contributed by atoms with E-state index in [4.69, 9.17) is 0 Å². The Kier molecular flexibility index (Phi) is 5.23. The topological polar surface area (TPSA) is 66.5 Å². The maximum atomic E-state index is 13.3. The van der Waals surface area contributed by atoms with Crippen molar-refractivity contribution >= 4 is 15.9 Å². The number of amides is 2. The van der Waals surface area contributed by atoms with Gasteiger partial charge in [-0.3, -0.25) is 0 Å². The van der Waals surface area contributed by atoms with Crippen molar-refractivity contribution in [3.63, 3.8) is 0 Å². The first kappa shape index (κ1) is 17.7. The van der Waals surface area contributed by atoms with Crippen molar-refractivity contribution in [2.24, 2.45) is 5.92 Å². The maximum Gasteiger partial charge on any atom is 0.317 e. The third kappa shape index (κ3) is 4.40. The molecule has 1 heterocycles. The number of halogens is 2. The quantitative estimate of drug-likeness (QED) is 0.908. The lowest BCUT2D eigenvalue weighted by molar-refractivity contribution is 0.193. The minimum atomic E-state index is -2.97. The number of nitrogens with zero attached hydrogens (tertiary/aromatic N) is 1. The third-order valence-corrected chi connectivity index (χ3v) is 6.03. The summed E-state index contributed by atoms with van der Waals surface area (Å²) < 4.78 is 49.0. The van der Waals surface area contributed by atoms with Gasteiger partial charge in [0.05, 0.1) is 17.5 Å². The van der Waals surface area contributed by atoms with Crippen molar-refractivity contribution in [1.82, 2.24) is 10.2 Å². The van der Waals surface area contributed by atoms with Crippen molar-refractivity contribution in [3.8, 4) is 0 Å². The molecule has 1 aliphatic heterocycles. The molecule has 0 saturated carbocycles. The summed E-state index contributed by atoms with van der Waals surface area (Å²) in [4.78, 5) is 13.5. The molecule has 5 nitrogen and oxygen atoms in total. The van der Waals surface area contributed by atoms with E-state index in [1.807, 2.05) is 0 Å². The molecule has 1 aromatic carbocycles. The van der Waals surface area contributed by atoms with Crippen LogP contribution in [0.2, 0.25) is 0 Å². The van der Waals surface area contributed by atoms with Crippen LogP contribution >= 0.6 is 0 Å². The monoisotopic (exact) mass is 346 g/mol. The summed E-state index contributed by atoms with van der Waals surface area (Å²) >= 11 is 0. The van der Waals surface area contributed by atoms with Gasteiger partial charge in [-0.05, 0) is 37.0 Å². The molecule has 2 rings (SSSR count). The van der Waals surface area contributed by atoms with Gasteiger partial charge in [0.2, 0.25) is 0 Å². The zero-order valence-electron chi connectivity index (χ0n) is 13.1. The number of carbonyl (C=O) groups excluding carboxylic acids is 1. The van der Waals surface area contributed by atoms with E-state index in [1.165, 1.54) is 11.0 Å². The van der Waals surface area contributed by atoms with E-state index in [0.29, 0.717) is 12.0 Å². The van der Waals surface area contributed by atoms with Gasteiger partial charge in [0.15, 0.2) is 21.5 Å². The van der Waals surface area contributed by atoms with Gasteiger partial charge in [-0.15, -0.1) is 0 Å². The van der Waals surface area contributed by atoms with Gasteiger partial charge in [0.25, 0.3) is 0 Å². The van der Waals surface area contributed by atoms with Gasteiger partial charge in [-0.25, -0.2) is 22.0 Å². The standard InChI is InChI=1S/C15H20F2N2O3S/c1-10(12-3-4-13(16)14(17)7-12)19(2)15(20)18-8-11-5-6-23(21,22)9-11/h3-4,7,10-11H,5-6,8-9H2,1-2H3,(H,18,20)/t10-,11+/m1/s1. The van der Waals surface area contributed by atoms with E-state index < -0.39 is 27.5 Å². The predicted molar refractivity (Wildman–Crippen MR) is 82.7 cm³/mol. The maximum absolute atomic E-state index is 13.3. The van der Waals surface area contributed by atoms with Crippen LogP contribution in [0.25, 0.3) is 0 Å². The van der Waals surface area contributed by atoms with Crippen LogP contribution in [-0.2, 0) is 9.84 Å². The van der Waals surface area contributed by atoms with Crippen LogP contribution in [0.15, 0.2) is 18.2 Å². The molecule has 1 aromatic rings. The van der Waals surface area contributed by atoms with E-state index in [0.717, 1.165) is 12.1 Å². The zero-order chi connectivity index (χ0) is 17.2. The number of rotatable bonds is 4. The number of carbonyl (C=O) groups is 1. The van der Waals surface area contributed by atoms with Gasteiger partial charge < -0.3 is 10.2 Å². The highest BCUT2D eigenvalue weighted by atomic mass is 32.2. The number of sulfone groups is 1. The predicted octanol–water partition coefficient (Wildman–Crippen LogP) is 2.10. The number of benzene rings is 1. The van der Waals surface area contributed by atoms with E-state index in [9.17, 15) is 22.0 Å². The van der Waals surface area contributed by atoms with Crippen LogP contribution < -0.4 is 5.32 Å². The molecule has 1 saturated heterocycles. The van der Waals surface area contributed by atoms with Crippen LogP contribution in [0.4, 0.5) is 13.6 Å². The van der Waals surface area contributed by atoms with Crippen LogP contribution in [-0.4, -0.2) is 44.4 Å². The second-order valence-electron chi connectivity index (χ2n) is 5.92. The normalized spacial score (nSPS) is 21.0. The van der Waals surface area contributed by atoms with Crippen LogP contribution in [0.3, 0.4) is 0 Å². The molecule has 1 fully saturated rings. The van der Waals surface area contributed by atoms with Crippen molar-refractivity contribution in [3.05, 3.63) is 35.4 Å². The lowest BCUT2D eigenvalue weighted by Crippen LogP contribution is -2.41. The second-order valence-corrected chi connectivity index (χ2v) is 8.14. The van der Waals surface area contributed by atoms with Crippen molar-refractivity contribution in [2.75, 3.05) is 25.1 Å². The molecule has 0 unspecified atom stereocenters. The minimum absolute atomic E-state index is 0.0732. The van der Waals surface area contributed by atoms with Crippen LogP contribution in [0, 0.1) is 17.6 Å². The van der Waals surface area contributed by atoms with Gasteiger partial charge in [0, 0.05) is 13.6 Å². The molecule has 0 bridgehead atoms. The Morgan fingerprint density at radius 2 is 2.09 bits per heavy atom. The summed E-state index contributed by atoms with van der Waals surface area (Å²) in [5, 5.41) is 2.69. The van der Waals surface area contributed by atoms with Crippen LogP contribution in [0.1, 0.15) is 24.9 Å². The summed E-state index contributed by atoms with van der Waals surface area (Å²) in [6.45, 7) is 1.99. The minimum Gasteiger partial charge on any atom is -0.338 e. The molecule has 2 atom stereocenters. The fourth-order valence-corrected chi connectivity index (χ4v) is 4.42. The van der Waals surface area contributed by atoms with E-state index in [2.05, 4.69) is 5.32 Å². The second kappa shape index (κ2) is 6.82. The fourth-order valence-electron chi connectivity index (χ4n) is 2.56. The lowest BCUT2D eigenvalue weighted by atomic mass is 10.1. The molecule has 1 aliphatic rings. The van der Waals surface area contributed by atoms with Crippen LogP contribution in [0.5, 0.6) is 0 Å². The first-order valence-corrected chi connectivity index (χ1v) is 9.18. The van der Waals surface area contributed by atoms with Gasteiger partial charge in [0.1, 0.15) is 0 Å². The SMILES string of the molecule is C[C@H](c1ccc(F)c(F)c1)N(C)C(=O)NC[C@@H]1CCS(=O)(=O)C1. The lowest BCUT2D eigenvalue weighted by Gasteiger charge is -2.26. The van der Waals surface area contributed by atoms with Crippen molar-refractivity contribution in [1.29, 1.82) is 0 Å². The highest BCUT2D eigenvalue weighted by molar-refractivity contribution is 7.91. The number of urea groups is 1. The zero-order valence-corrected chi connectivity index (χ0v) is 13.9. The molecule has 128 valence electrons. The summed E-state index contributed by atoms with van der Waals surface area (Å²) in [6, 6.07) is 2.68. The van der Waals surface area contributed by atoms with Crippen molar-refractivity contribution < 1.29 is 22.0 Å². The Morgan fingerprint density at radius 3 is 2.65 bits per heavy atom. The summed E-state index contributed by atoms with van der Waals surface area (Å²) in [7, 11) is -1.43. The first-order chi connectivity index (χ1) is 10.7. The molecule has 23 heavy (non-hydrogen) atoms. The molecular weight excluding hydrogens is 326 g/mol. The largest absolute Gasteiger partial charge is 0.338 e. The third-order valence-electron chi connectivity index (χ3n) is 4.20. The number of hydrogen-bond donors (Lipinski definition) is 1. The van der Waals surface area contributed by atoms with Gasteiger partial charge in [-0.1, -0.05) is 6.07 Å². The summed E-state index contributed by atoms with van der Waals surface area (Å²) in [5.74, 6) is -1.71. The fraction of sp³-hybridized carbons (Fsp3) is 0.533. The molecule has 0 aromatic heterocycles. The highest BCUT2D eigenvalue weighted by Gasteiger charge is 2.28. The molecule has 0 radical (unpaired) electrons. The Hall–Kier alpha value is -1.70. The summed E-state index contributed by atoms with van der Waals surface area (Å²) in [5.41, 5.74) is 0.477. The van der Waals surface area contributed by atoms with Crippen molar-refractivity contribution in [2.45, 2.75) is 19.4 Å². The molecule has 1 N–H and O–H groups in total. The Balaban J connectivity index is 1.92.